The summed E-state index contributed by atoms with van der Waals surface area (Å²) in [5.74, 6) is 0. The molecule has 1 heterocycles. The van der Waals surface area contributed by atoms with E-state index in [1.807, 2.05) is 12.3 Å². The van der Waals surface area contributed by atoms with Crippen LogP contribution in [-0.2, 0) is 0 Å². The summed E-state index contributed by atoms with van der Waals surface area (Å²) in [5.41, 5.74) is 1.29. The maximum absolute atomic E-state index is 5.90. The Kier molecular flexibility index (Phi) is 3.07. The fourth-order valence-electron chi connectivity index (χ4n) is 1.63. The fourth-order valence-corrected chi connectivity index (χ4v) is 1.83. The number of nitrogens with zero attached hydrogens (tertiary/aromatic N) is 2. The molecule has 0 N–H and O–H groups in total. The van der Waals surface area contributed by atoms with E-state index in [0.29, 0.717) is 17.8 Å². The van der Waals surface area contributed by atoms with Crippen molar-refractivity contribution in [2.75, 3.05) is 6.54 Å². The summed E-state index contributed by atoms with van der Waals surface area (Å²) < 4.78 is 0. The zero-order chi connectivity index (χ0) is 10.7. The van der Waals surface area contributed by atoms with Crippen molar-refractivity contribution in [3.8, 4) is 0 Å². The van der Waals surface area contributed by atoms with E-state index < -0.39 is 0 Å². The van der Waals surface area contributed by atoms with Crippen molar-refractivity contribution in [2.45, 2.75) is 13.0 Å². The summed E-state index contributed by atoms with van der Waals surface area (Å²) in [6, 6.07) is 10.7. The number of benzene rings is 1. The second-order valence-electron chi connectivity index (χ2n) is 3.56. The molecule has 2 rings (SSSR count). The summed E-state index contributed by atoms with van der Waals surface area (Å²) in [7, 11) is 0. The second-order valence-corrected chi connectivity index (χ2v) is 4.00. The molecule has 1 atom stereocenters. The van der Waals surface area contributed by atoms with Gasteiger partial charge in [0.1, 0.15) is 5.17 Å². The molecular formula is C12H13ClN2. The van der Waals surface area contributed by atoms with Crippen LogP contribution in [0.25, 0.3) is 0 Å². The molecule has 0 saturated heterocycles. The number of halogens is 1. The molecule has 2 nitrogen and oxygen atoms in total. The van der Waals surface area contributed by atoms with Gasteiger partial charge in [-0.3, -0.25) is 0 Å². The summed E-state index contributed by atoms with van der Waals surface area (Å²) in [6.07, 6.45) is 3.72. The largest absolute Gasteiger partial charge is 0.363 e. The van der Waals surface area contributed by atoms with Gasteiger partial charge in [-0.2, -0.15) is 0 Å². The Labute approximate surface area is 94.9 Å². The number of hydrogen-bond acceptors (Lipinski definition) is 2. The molecule has 0 aromatic heterocycles. The first-order chi connectivity index (χ1) is 7.27. The predicted molar refractivity (Wildman–Crippen MR) is 64.0 cm³/mol. The van der Waals surface area contributed by atoms with E-state index in [1.165, 1.54) is 5.56 Å². The molecule has 0 aliphatic carbocycles. The van der Waals surface area contributed by atoms with Crippen LogP contribution in [0.2, 0.25) is 0 Å². The Morgan fingerprint density at radius 1 is 1.33 bits per heavy atom. The maximum atomic E-state index is 5.90. The lowest BCUT2D eigenvalue weighted by Crippen LogP contribution is -2.27. The molecule has 1 aliphatic heterocycles. The molecule has 3 heteroatoms. The van der Waals surface area contributed by atoms with E-state index in [4.69, 9.17) is 11.6 Å². The normalized spacial score (nSPS) is 17.5. The van der Waals surface area contributed by atoms with Crippen molar-refractivity contribution in [1.29, 1.82) is 0 Å². The van der Waals surface area contributed by atoms with Gasteiger partial charge >= 0.3 is 0 Å². The van der Waals surface area contributed by atoms with Crippen LogP contribution >= 0.6 is 11.6 Å². The standard InChI is InChI=1S/C12H13ClN2/c1-10(11-5-3-2-4-6-11)15-8-7-14-12(13)9-15/h2-8,10H,9H2,1H3. The van der Waals surface area contributed by atoms with Crippen LogP contribution in [0.1, 0.15) is 18.5 Å². The van der Waals surface area contributed by atoms with Crippen LogP contribution in [0.4, 0.5) is 0 Å². The minimum absolute atomic E-state index is 0.326. The Morgan fingerprint density at radius 2 is 2.07 bits per heavy atom. The van der Waals surface area contributed by atoms with Crippen LogP contribution in [0.5, 0.6) is 0 Å². The van der Waals surface area contributed by atoms with Crippen LogP contribution in [0.15, 0.2) is 47.7 Å². The topological polar surface area (TPSA) is 15.6 Å². The van der Waals surface area contributed by atoms with Gasteiger partial charge in [0.05, 0.1) is 12.6 Å². The number of rotatable bonds is 2. The van der Waals surface area contributed by atoms with Gasteiger partial charge in [-0.15, -0.1) is 0 Å². The lowest BCUT2D eigenvalue weighted by molar-refractivity contribution is 0.335. The minimum atomic E-state index is 0.326. The van der Waals surface area contributed by atoms with Crippen molar-refractivity contribution in [3.63, 3.8) is 0 Å². The summed E-state index contributed by atoms with van der Waals surface area (Å²) >= 11 is 5.90. The average molecular weight is 221 g/mol. The van der Waals surface area contributed by atoms with Gasteiger partial charge in [-0.05, 0) is 12.5 Å². The minimum Gasteiger partial charge on any atom is -0.363 e. The molecule has 0 saturated carbocycles. The van der Waals surface area contributed by atoms with Gasteiger partial charge in [-0.1, -0.05) is 41.9 Å². The van der Waals surface area contributed by atoms with Gasteiger partial charge < -0.3 is 4.90 Å². The van der Waals surface area contributed by atoms with E-state index in [0.717, 1.165) is 0 Å². The monoisotopic (exact) mass is 220 g/mol. The van der Waals surface area contributed by atoms with Crippen molar-refractivity contribution in [3.05, 3.63) is 48.3 Å². The molecule has 1 aromatic rings. The smallest absolute Gasteiger partial charge is 0.125 e. The highest BCUT2D eigenvalue weighted by Gasteiger charge is 2.15. The molecule has 0 amide bonds. The molecule has 78 valence electrons. The summed E-state index contributed by atoms with van der Waals surface area (Å²) in [4.78, 5) is 6.19. The summed E-state index contributed by atoms with van der Waals surface area (Å²) in [5, 5.41) is 0.639. The van der Waals surface area contributed by atoms with Crippen LogP contribution in [0.3, 0.4) is 0 Å². The quantitative estimate of drug-likeness (QED) is 0.748. The molecule has 0 bridgehead atoms. The van der Waals surface area contributed by atoms with E-state index in [1.54, 1.807) is 6.20 Å². The third-order valence-corrected chi connectivity index (χ3v) is 2.78. The first-order valence-electron chi connectivity index (χ1n) is 4.97. The van der Waals surface area contributed by atoms with Crippen molar-refractivity contribution >= 4 is 16.8 Å². The molecule has 0 spiro atoms. The van der Waals surface area contributed by atoms with Gasteiger partial charge in [0, 0.05) is 12.4 Å². The number of aliphatic imine (C=N–C) groups is 1. The van der Waals surface area contributed by atoms with Crippen molar-refractivity contribution in [1.82, 2.24) is 4.90 Å². The van der Waals surface area contributed by atoms with Gasteiger partial charge in [-0.25, -0.2) is 4.99 Å². The zero-order valence-electron chi connectivity index (χ0n) is 8.60. The molecule has 1 unspecified atom stereocenters. The molecule has 0 radical (unpaired) electrons. The first-order valence-corrected chi connectivity index (χ1v) is 5.34. The highest BCUT2D eigenvalue weighted by molar-refractivity contribution is 6.66. The Bertz CT molecular complexity index is 384. The van der Waals surface area contributed by atoms with Crippen LogP contribution in [0, 0.1) is 0 Å². The van der Waals surface area contributed by atoms with E-state index >= 15 is 0 Å². The molecule has 1 aliphatic rings. The van der Waals surface area contributed by atoms with Crippen molar-refractivity contribution in [2.24, 2.45) is 4.99 Å². The molecule has 15 heavy (non-hydrogen) atoms. The Morgan fingerprint density at radius 3 is 2.73 bits per heavy atom. The third-order valence-electron chi connectivity index (χ3n) is 2.57. The van der Waals surface area contributed by atoms with Crippen LogP contribution < -0.4 is 0 Å². The zero-order valence-corrected chi connectivity index (χ0v) is 9.35. The highest BCUT2D eigenvalue weighted by atomic mass is 35.5. The molecule has 0 fully saturated rings. The van der Waals surface area contributed by atoms with Crippen molar-refractivity contribution < 1.29 is 0 Å². The first kappa shape index (κ1) is 10.2. The Hall–Kier alpha value is -1.28. The van der Waals surface area contributed by atoms with E-state index in [9.17, 15) is 0 Å². The molecular weight excluding hydrogens is 208 g/mol. The average Bonchev–Trinajstić information content (AvgIpc) is 2.29. The van der Waals surface area contributed by atoms with Gasteiger partial charge in [0.25, 0.3) is 0 Å². The molecule has 1 aromatic carbocycles. The van der Waals surface area contributed by atoms with Crippen LogP contribution in [-0.4, -0.2) is 16.6 Å². The van der Waals surface area contributed by atoms with E-state index in [-0.39, 0.29) is 0 Å². The fraction of sp³-hybridized carbons (Fsp3) is 0.250. The maximum Gasteiger partial charge on any atom is 0.125 e. The van der Waals surface area contributed by atoms with E-state index in [2.05, 4.69) is 41.1 Å². The predicted octanol–water partition coefficient (Wildman–Crippen LogP) is 3.17. The van der Waals surface area contributed by atoms with Gasteiger partial charge in [0.15, 0.2) is 0 Å². The summed E-state index contributed by atoms with van der Waals surface area (Å²) in [6.45, 7) is 2.85. The Balaban J connectivity index is 2.13. The SMILES string of the molecule is CC(c1ccccc1)N1C=CN=C(Cl)C1. The highest BCUT2D eigenvalue weighted by Crippen LogP contribution is 2.21. The van der Waals surface area contributed by atoms with Gasteiger partial charge in [0.2, 0.25) is 0 Å². The second kappa shape index (κ2) is 4.49. The lowest BCUT2D eigenvalue weighted by atomic mass is 10.1. The lowest BCUT2D eigenvalue weighted by Gasteiger charge is -2.28. The number of hydrogen-bond donors (Lipinski definition) is 0. The third kappa shape index (κ3) is 2.39.